The van der Waals surface area contributed by atoms with Crippen LogP contribution in [0.2, 0.25) is 0 Å². The second-order valence-corrected chi connectivity index (χ2v) is 17.0. The number of rotatable bonds is 5. The lowest BCUT2D eigenvalue weighted by Gasteiger charge is -2.20. The SMILES string of the molecule is c1ccc2cc(-c3c4ccc(-c5nc6ccccc6s5)cc4c(-c4ccc5ccccc5c4)c4ccc(-c5ccc(-c6nc7ccccc7s6)cc5)cc34)ccc2c1. The van der Waals surface area contributed by atoms with Crippen molar-refractivity contribution in [1.29, 1.82) is 0 Å². The largest absolute Gasteiger partial charge is 0.236 e. The first kappa shape index (κ1) is 33.2. The number of para-hydroxylation sites is 2. The highest BCUT2D eigenvalue weighted by Crippen LogP contribution is 2.47. The van der Waals surface area contributed by atoms with Gasteiger partial charge in [-0.25, -0.2) is 9.97 Å². The highest BCUT2D eigenvalue weighted by atomic mass is 32.1. The van der Waals surface area contributed by atoms with Crippen molar-refractivity contribution in [1.82, 2.24) is 9.97 Å². The van der Waals surface area contributed by atoms with Crippen LogP contribution in [0.4, 0.5) is 0 Å². The van der Waals surface area contributed by atoms with E-state index in [2.05, 4.69) is 194 Å². The fraction of sp³-hybridized carbons (Fsp3) is 0. The van der Waals surface area contributed by atoms with Gasteiger partial charge in [0.1, 0.15) is 10.0 Å². The van der Waals surface area contributed by atoms with Gasteiger partial charge in [0.15, 0.2) is 0 Å². The molecule has 0 saturated heterocycles. The van der Waals surface area contributed by atoms with Gasteiger partial charge in [0.25, 0.3) is 0 Å². The Morgan fingerprint density at radius 2 is 0.690 bits per heavy atom. The Labute approximate surface area is 343 Å². The number of hydrogen-bond donors (Lipinski definition) is 0. The summed E-state index contributed by atoms with van der Waals surface area (Å²) in [5.74, 6) is 0. The summed E-state index contributed by atoms with van der Waals surface area (Å²) in [6, 6.07) is 70.9. The fourth-order valence-corrected chi connectivity index (χ4v) is 10.6. The maximum Gasteiger partial charge on any atom is 0.124 e. The summed E-state index contributed by atoms with van der Waals surface area (Å²) in [5.41, 5.74) is 11.6. The molecule has 0 saturated carbocycles. The van der Waals surface area contributed by atoms with Crippen LogP contribution in [0, 0.1) is 0 Å². The molecule has 58 heavy (non-hydrogen) atoms. The molecule has 0 fully saturated rings. The van der Waals surface area contributed by atoms with E-state index in [4.69, 9.17) is 9.97 Å². The molecule has 0 aliphatic carbocycles. The molecule has 0 unspecified atom stereocenters. The molecule has 2 aromatic heterocycles. The number of benzene rings is 10. The van der Waals surface area contributed by atoms with E-state index in [9.17, 15) is 0 Å². The second kappa shape index (κ2) is 13.3. The van der Waals surface area contributed by atoms with E-state index in [1.807, 2.05) is 0 Å². The van der Waals surface area contributed by atoms with Gasteiger partial charge in [-0.05, 0) is 125 Å². The minimum atomic E-state index is 1.03. The number of fused-ring (bicyclic) bond motifs is 6. The Kier molecular flexibility index (Phi) is 7.62. The van der Waals surface area contributed by atoms with Crippen molar-refractivity contribution >= 4 is 86.2 Å². The first-order valence-corrected chi connectivity index (χ1v) is 21.2. The number of hydrogen-bond acceptors (Lipinski definition) is 4. The molecule has 0 N–H and O–H groups in total. The van der Waals surface area contributed by atoms with Gasteiger partial charge in [-0.1, -0.05) is 146 Å². The van der Waals surface area contributed by atoms with Crippen LogP contribution in [-0.2, 0) is 0 Å². The number of thiazole rings is 2. The van der Waals surface area contributed by atoms with E-state index in [0.29, 0.717) is 0 Å². The van der Waals surface area contributed by atoms with Crippen molar-refractivity contribution < 1.29 is 0 Å². The molecule has 2 heterocycles. The molecule has 2 nitrogen and oxygen atoms in total. The monoisotopic (exact) mass is 772 g/mol. The van der Waals surface area contributed by atoms with E-state index in [1.54, 1.807) is 22.7 Å². The summed E-state index contributed by atoms with van der Waals surface area (Å²) in [5, 5.41) is 11.9. The minimum Gasteiger partial charge on any atom is -0.236 e. The average Bonchev–Trinajstić information content (AvgIpc) is 3.93. The minimum absolute atomic E-state index is 1.03. The second-order valence-electron chi connectivity index (χ2n) is 14.9. The Hall–Kier alpha value is -6.98. The summed E-state index contributed by atoms with van der Waals surface area (Å²) in [6.45, 7) is 0. The number of aromatic nitrogens is 2. The van der Waals surface area contributed by atoms with Crippen LogP contribution in [0.1, 0.15) is 0 Å². The molecule has 4 heteroatoms. The Morgan fingerprint density at radius 1 is 0.276 bits per heavy atom. The maximum absolute atomic E-state index is 5.11. The van der Waals surface area contributed by atoms with Crippen molar-refractivity contribution in [3.8, 4) is 54.5 Å². The van der Waals surface area contributed by atoms with Gasteiger partial charge in [0, 0.05) is 11.1 Å². The number of nitrogens with zero attached hydrogens (tertiary/aromatic N) is 2. The Morgan fingerprint density at radius 3 is 1.24 bits per heavy atom. The molecular weight excluding hydrogens is 741 g/mol. The van der Waals surface area contributed by atoms with Crippen molar-refractivity contribution in [3.63, 3.8) is 0 Å². The van der Waals surface area contributed by atoms with Gasteiger partial charge in [0.05, 0.1) is 20.4 Å². The highest BCUT2D eigenvalue weighted by molar-refractivity contribution is 7.22. The third kappa shape index (κ3) is 5.53. The molecule has 12 rings (SSSR count). The standard InChI is InChI=1S/C54H32N2S2/c1-3-11-37-29-40(23-19-33(37)9-1)51-44-28-26-42(54-56-48-14-6-8-16-50(48)58-54)32-46(44)52(41-24-20-34-10-2-4-12-38(34)30-41)43-27-25-39(31-45(43)51)35-17-21-36(22-18-35)53-55-47-13-5-7-15-49(47)57-53/h1-32H. The molecule has 0 amide bonds. The smallest absolute Gasteiger partial charge is 0.124 e. The third-order valence-corrected chi connectivity index (χ3v) is 13.7. The van der Waals surface area contributed by atoms with E-state index in [1.165, 1.54) is 85.9 Å². The zero-order valence-corrected chi connectivity index (χ0v) is 32.8. The van der Waals surface area contributed by atoms with E-state index in [-0.39, 0.29) is 0 Å². The summed E-state index contributed by atoms with van der Waals surface area (Å²) < 4.78 is 2.40. The van der Waals surface area contributed by atoms with Gasteiger partial charge < -0.3 is 0 Å². The quantitative estimate of drug-likeness (QED) is 0.163. The molecule has 10 aromatic carbocycles. The third-order valence-electron chi connectivity index (χ3n) is 11.5. The van der Waals surface area contributed by atoms with Gasteiger partial charge in [-0.2, -0.15) is 0 Å². The van der Waals surface area contributed by atoms with Crippen LogP contribution in [0.5, 0.6) is 0 Å². The molecular formula is C54H32N2S2. The fourth-order valence-electron chi connectivity index (χ4n) is 8.65. The summed E-state index contributed by atoms with van der Waals surface area (Å²) in [6.07, 6.45) is 0. The lowest BCUT2D eigenvalue weighted by Crippen LogP contribution is -1.93. The van der Waals surface area contributed by atoms with E-state index >= 15 is 0 Å². The van der Waals surface area contributed by atoms with Crippen molar-refractivity contribution in [3.05, 3.63) is 194 Å². The van der Waals surface area contributed by atoms with Gasteiger partial charge in [-0.3, -0.25) is 0 Å². The van der Waals surface area contributed by atoms with Crippen LogP contribution < -0.4 is 0 Å². The molecule has 0 atom stereocenters. The van der Waals surface area contributed by atoms with E-state index < -0.39 is 0 Å². The van der Waals surface area contributed by atoms with Gasteiger partial charge in [0.2, 0.25) is 0 Å². The van der Waals surface area contributed by atoms with Crippen LogP contribution in [-0.4, -0.2) is 9.97 Å². The topological polar surface area (TPSA) is 25.8 Å². The zero-order chi connectivity index (χ0) is 38.2. The summed E-state index contributed by atoms with van der Waals surface area (Å²) in [7, 11) is 0. The van der Waals surface area contributed by atoms with Crippen molar-refractivity contribution in [2.75, 3.05) is 0 Å². The molecule has 0 aliphatic heterocycles. The maximum atomic E-state index is 5.11. The molecule has 0 radical (unpaired) electrons. The molecule has 12 aromatic rings. The van der Waals surface area contributed by atoms with Crippen LogP contribution >= 0.6 is 22.7 Å². The summed E-state index contributed by atoms with van der Waals surface area (Å²) >= 11 is 3.49. The zero-order valence-electron chi connectivity index (χ0n) is 31.2. The predicted molar refractivity (Wildman–Crippen MR) is 250 cm³/mol. The lowest BCUT2D eigenvalue weighted by molar-refractivity contribution is 1.48. The van der Waals surface area contributed by atoms with Gasteiger partial charge >= 0.3 is 0 Å². The molecule has 0 bridgehead atoms. The van der Waals surface area contributed by atoms with Crippen LogP contribution in [0.15, 0.2) is 194 Å². The first-order valence-electron chi connectivity index (χ1n) is 19.5. The first-order chi connectivity index (χ1) is 28.7. The molecule has 0 spiro atoms. The van der Waals surface area contributed by atoms with Crippen LogP contribution in [0.25, 0.3) is 118 Å². The molecule has 0 aliphatic rings. The van der Waals surface area contributed by atoms with Crippen LogP contribution in [0.3, 0.4) is 0 Å². The lowest BCUT2D eigenvalue weighted by atomic mass is 9.83. The normalized spacial score (nSPS) is 11.8. The Balaban J connectivity index is 1.12. The molecule has 270 valence electrons. The predicted octanol–water partition coefficient (Wildman–Crippen LogP) is 15.9. The Bertz CT molecular complexity index is 3510. The average molecular weight is 773 g/mol. The van der Waals surface area contributed by atoms with Crippen molar-refractivity contribution in [2.24, 2.45) is 0 Å². The highest BCUT2D eigenvalue weighted by Gasteiger charge is 2.20. The van der Waals surface area contributed by atoms with Gasteiger partial charge in [-0.15, -0.1) is 22.7 Å². The van der Waals surface area contributed by atoms with E-state index in [0.717, 1.165) is 32.2 Å². The van der Waals surface area contributed by atoms with Crippen molar-refractivity contribution in [2.45, 2.75) is 0 Å². The summed E-state index contributed by atoms with van der Waals surface area (Å²) in [4.78, 5) is 10.0.